The van der Waals surface area contributed by atoms with E-state index in [2.05, 4.69) is 26.0 Å². The van der Waals surface area contributed by atoms with Crippen LogP contribution in [0.5, 0.6) is 0 Å². The SMILES string of the molecule is CC(C)c1ccc(/C=C2\SC(=Nc3cccc(C(=O)O)c3)N(C3CCCCC3)C2=O)cc1. The lowest BCUT2D eigenvalue weighted by Gasteiger charge is -2.30. The van der Waals surface area contributed by atoms with Crippen LogP contribution in [0.3, 0.4) is 0 Å². The number of nitrogens with zero attached hydrogens (tertiary/aromatic N) is 2. The van der Waals surface area contributed by atoms with Gasteiger partial charge in [-0.15, -0.1) is 0 Å². The first-order valence-electron chi connectivity index (χ1n) is 11.2. The van der Waals surface area contributed by atoms with Crippen LogP contribution in [0, 0.1) is 0 Å². The molecule has 4 rings (SSSR count). The van der Waals surface area contributed by atoms with Gasteiger partial charge in [-0.3, -0.25) is 9.69 Å². The summed E-state index contributed by atoms with van der Waals surface area (Å²) < 4.78 is 0. The van der Waals surface area contributed by atoms with Gasteiger partial charge in [0.25, 0.3) is 5.91 Å². The van der Waals surface area contributed by atoms with Crippen LogP contribution >= 0.6 is 11.8 Å². The van der Waals surface area contributed by atoms with E-state index >= 15 is 0 Å². The summed E-state index contributed by atoms with van der Waals surface area (Å²) in [6, 6.07) is 15.0. The number of amides is 1. The Morgan fingerprint density at radius 3 is 2.50 bits per heavy atom. The van der Waals surface area contributed by atoms with E-state index in [1.165, 1.54) is 23.7 Å². The molecule has 32 heavy (non-hydrogen) atoms. The highest BCUT2D eigenvalue weighted by atomic mass is 32.2. The molecule has 0 spiro atoms. The van der Waals surface area contributed by atoms with Crippen LogP contribution in [0.25, 0.3) is 6.08 Å². The van der Waals surface area contributed by atoms with Gasteiger partial charge < -0.3 is 5.11 Å². The Morgan fingerprint density at radius 2 is 1.84 bits per heavy atom. The van der Waals surface area contributed by atoms with Crippen LogP contribution in [0.2, 0.25) is 0 Å². The van der Waals surface area contributed by atoms with Crippen molar-refractivity contribution in [1.29, 1.82) is 0 Å². The van der Waals surface area contributed by atoms with E-state index in [-0.39, 0.29) is 17.5 Å². The van der Waals surface area contributed by atoms with Gasteiger partial charge >= 0.3 is 5.97 Å². The number of aliphatic imine (C=N–C) groups is 1. The number of thioether (sulfide) groups is 1. The Hall–Kier alpha value is -2.86. The molecule has 1 heterocycles. The molecule has 1 aliphatic heterocycles. The zero-order valence-corrected chi connectivity index (χ0v) is 19.3. The van der Waals surface area contributed by atoms with E-state index in [0.717, 1.165) is 31.2 Å². The minimum absolute atomic E-state index is 0.0111. The fraction of sp³-hybridized carbons (Fsp3) is 0.346. The van der Waals surface area contributed by atoms with Crippen LogP contribution in [-0.4, -0.2) is 33.1 Å². The number of aromatic carboxylic acids is 1. The maximum absolute atomic E-state index is 13.4. The van der Waals surface area contributed by atoms with Gasteiger partial charge in [-0.2, -0.15) is 0 Å². The smallest absolute Gasteiger partial charge is 0.335 e. The van der Waals surface area contributed by atoms with Crippen molar-refractivity contribution < 1.29 is 14.7 Å². The summed E-state index contributed by atoms with van der Waals surface area (Å²) in [4.78, 5) is 32.0. The van der Waals surface area contributed by atoms with Gasteiger partial charge in [0.05, 0.1) is 16.2 Å². The second-order valence-electron chi connectivity index (χ2n) is 8.65. The van der Waals surface area contributed by atoms with Crippen LogP contribution in [-0.2, 0) is 4.79 Å². The molecule has 5 nitrogen and oxygen atoms in total. The van der Waals surface area contributed by atoms with Gasteiger partial charge in [0, 0.05) is 6.04 Å². The number of amidine groups is 1. The summed E-state index contributed by atoms with van der Waals surface area (Å²) >= 11 is 1.38. The van der Waals surface area contributed by atoms with E-state index in [4.69, 9.17) is 4.99 Å². The average molecular weight is 449 g/mol. The molecule has 2 aromatic carbocycles. The Bertz CT molecular complexity index is 1070. The lowest BCUT2D eigenvalue weighted by Crippen LogP contribution is -2.40. The number of carbonyl (C=O) groups excluding carboxylic acids is 1. The van der Waals surface area contributed by atoms with Crippen LogP contribution < -0.4 is 0 Å². The normalized spacial score (nSPS) is 20.0. The second-order valence-corrected chi connectivity index (χ2v) is 9.66. The number of hydrogen-bond acceptors (Lipinski definition) is 4. The van der Waals surface area contributed by atoms with Gasteiger partial charge in [-0.25, -0.2) is 9.79 Å². The third-order valence-corrected chi connectivity index (χ3v) is 6.98. The molecule has 2 fully saturated rings. The third-order valence-electron chi connectivity index (χ3n) is 6.00. The second kappa shape index (κ2) is 9.74. The minimum atomic E-state index is -0.989. The van der Waals surface area contributed by atoms with E-state index in [1.807, 2.05) is 23.1 Å². The summed E-state index contributed by atoms with van der Waals surface area (Å²) in [7, 11) is 0. The summed E-state index contributed by atoms with van der Waals surface area (Å²) in [6.45, 7) is 4.32. The molecule has 2 aromatic rings. The first-order valence-corrected chi connectivity index (χ1v) is 12.0. The van der Waals surface area contributed by atoms with E-state index in [0.29, 0.717) is 21.7 Å². The van der Waals surface area contributed by atoms with Crippen molar-refractivity contribution in [2.24, 2.45) is 4.99 Å². The number of carboxylic acid groups (broad SMARTS) is 1. The lowest BCUT2D eigenvalue weighted by molar-refractivity contribution is -0.124. The Morgan fingerprint density at radius 1 is 1.12 bits per heavy atom. The van der Waals surface area contributed by atoms with Crippen molar-refractivity contribution in [1.82, 2.24) is 4.90 Å². The fourth-order valence-corrected chi connectivity index (χ4v) is 5.23. The van der Waals surface area contributed by atoms with Crippen LogP contribution in [0.4, 0.5) is 5.69 Å². The van der Waals surface area contributed by atoms with Crippen molar-refractivity contribution in [3.05, 3.63) is 70.1 Å². The van der Waals surface area contributed by atoms with Gasteiger partial charge in [0.15, 0.2) is 5.17 Å². The standard InChI is InChI=1S/C26H28N2O3S/c1-17(2)19-13-11-18(12-14-19)15-23-24(29)28(22-9-4-3-5-10-22)26(32-23)27-21-8-6-7-20(16-21)25(30)31/h6-8,11-17,22H,3-5,9-10H2,1-2H3,(H,30,31)/b23-15-,27-26?. The molecule has 0 unspecified atom stereocenters. The third kappa shape index (κ3) is 4.96. The number of hydrogen-bond donors (Lipinski definition) is 1. The summed E-state index contributed by atoms with van der Waals surface area (Å²) in [5.41, 5.74) is 2.99. The van der Waals surface area contributed by atoms with Crippen LogP contribution in [0.15, 0.2) is 58.4 Å². The monoisotopic (exact) mass is 448 g/mol. The number of carboxylic acids is 1. The number of carbonyl (C=O) groups is 2. The molecule has 0 atom stereocenters. The zero-order chi connectivity index (χ0) is 22.7. The molecule has 1 amide bonds. The van der Waals surface area contributed by atoms with Gasteiger partial charge in [0.2, 0.25) is 0 Å². The van der Waals surface area contributed by atoms with Crippen molar-refractivity contribution in [3.8, 4) is 0 Å². The molecule has 0 bridgehead atoms. The molecule has 1 saturated carbocycles. The molecule has 0 radical (unpaired) electrons. The largest absolute Gasteiger partial charge is 0.478 e. The zero-order valence-electron chi connectivity index (χ0n) is 18.5. The fourth-order valence-electron chi connectivity index (χ4n) is 4.17. The van der Waals surface area contributed by atoms with Crippen molar-refractivity contribution >= 4 is 40.6 Å². The molecule has 166 valence electrons. The summed E-state index contributed by atoms with van der Waals surface area (Å²) in [6.07, 6.45) is 7.29. The highest BCUT2D eigenvalue weighted by Crippen LogP contribution is 2.38. The average Bonchev–Trinajstić information content (AvgIpc) is 3.09. The number of benzene rings is 2. The molecule has 1 aliphatic carbocycles. The molecular formula is C26H28N2O3S. The predicted molar refractivity (Wildman–Crippen MR) is 130 cm³/mol. The van der Waals surface area contributed by atoms with E-state index < -0.39 is 5.97 Å². The summed E-state index contributed by atoms with van der Waals surface area (Å²) in [5.74, 6) is -0.541. The van der Waals surface area contributed by atoms with Crippen molar-refractivity contribution in [2.45, 2.75) is 57.9 Å². The highest BCUT2D eigenvalue weighted by Gasteiger charge is 2.38. The Kier molecular flexibility index (Phi) is 6.80. The first-order chi connectivity index (χ1) is 15.4. The maximum Gasteiger partial charge on any atom is 0.335 e. The summed E-state index contributed by atoms with van der Waals surface area (Å²) in [5, 5.41) is 9.93. The topological polar surface area (TPSA) is 70.0 Å². The molecule has 6 heteroatoms. The number of rotatable bonds is 5. The molecular weight excluding hydrogens is 420 g/mol. The lowest BCUT2D eigenvalue weighted by atomic mass is 9.94. The molecule has 0 aromatic heterocycles. The minimum Gasteiger partial charge on any atom is -0.478 e. The van der Waals surface area contributed by atoms with Crippen LogP contribution in [0.1, 0.15) is 73.4 Å². The molecule has 1 saturated heterocycles. The van der Waals surface area contributed by atoms with E-state index in [1.54, 1.807) is 24.3 Å². The maximum atomic E-state index is 13.4. The van der Waals surface area contributed by atoms with Crippen molar-refractivity contribution in [2.75, 3.05) is 0 Å². The van der Waals surface area contributed by atoms with Gasteiger partial charge in [-0.1, -0.05) is 63.4 Å². The van der Waals surface area contributed by atoms with Crippen molar-refractivity contribution in [3.63, 3.8) is 0 Å². The quantitative estimate of drug-likeness (QED) is 0.534. The molecule has 1 N–H and O–H groups in total. The Labute approximate surface area is 193 Å². The first kappa shape index (κ1) is 22.3. The van der Waals surface area contributed by atoms with Gasteiger partial charge in [0.1, 0.15) is 0 Å². The Balaban J connectivity index is 1.68. The van der Waals surface area contributed by atoms with Gasteiger partial charge in [-0.05, 0) is 65.9 Å². The van der Waals surface area contributed by atoms with E-state index in [9.17, 15) is 14.7 Å². The molecule has 2 aliphatic rings. The highest BCUT2D eigenvalue weighted by molar-refractivity contribution is 8.18. The predicted octanol–water partition coefficient (Wildman–Crippen LogP) is 6.44.